The fraction of sp³-hybridized carbons (Fsp3) is 0.600. The van der Waals surface area contributed by atoms with Crippen molar-refractivity contribution >= 4 is 23.4 Å². The van der Waals surface area contributed by atoms with Crippen molar-refractivity contribution < 1.29 is 14.7 Å². The molecule has 0 radical (unpaired) electrons. The molecule has 1 heterocycles. The number of carbonyl (C=O) groups is 2. The maximum atomic E-state index is 12.2. The van der Waals surface area contributed by atoms with Crippen LogP contribution < -0.4 is 0 Å². The van der Waals surface area contributed by atoms with Crippen molar-refractivity contribution in [2.24, 2.45) is 0 Å². The standard InChI is InChI=1S/C10H13N3O3S/c1-2-7-9(17-12-11-7)10(16)13(5-8(14)15)6-3-4-6/h6H,2-5H2,1H3,(H,14,15). The summed E-state index contributed by atoms with van der Waals surface area (Å²) >= 11 is 1.04. The Kier molecular flexibility index (Phi) is 3.37. The number of nitrogens with zero attached hydrogens (tertiary/aromatic N) is 3. The minimum absolute atomic E-state index is 0.0745. The van der Waals surface area contributed by atoms with Gasteiger partial charge in [-0.2, -0.15) is 0 Å². The van der Waals surface area contributed by atoms with Crippen LogP contribution in [0.2, 0.25) is 0 Å². The highest BCUT2D eigenvalue weighted by atomic mass is 32.1. The molecule has 0 aromatic carbocycles. The summed E-state index contributed by atoms with van der Waals surface area (Å²) in [7, 11) is 0. The van der Waals surface area contributed by atoms with Crippen LogP contribution in [0, 0.1) is 0 Å². The van der Waals surface area contributed by atoms with Gasteiger partial charge in [-0.25, -0.2) is 0 Å². The van der Waals surface area contributed by atoms with Crippen LogP contribution in [0.4, 0.5) is 0 Å². The molecular formula is C10H13N3O3S. The molecule has 0 atom stereocenters. The molecule has 2 rings (SSSR count). The van der Waals surface area contributed by atoms with Crippen molar-refractivity contribution in [3.8, 4) is 0 Å². The summed E-state index contributed by atoms with van der Waals surface area (Å²) in [6.07, 6.45) is 2.39. The van der Waals surface area contributed by atoms with Gasteiger partial charge >= 0.3 is 5.97 Å². The van der Waals surface area contributed by atoms with Gasteiger partial charge in [0.15, 0.2) is 0 Å². The molecule has 0 unspecified atom stereocenters. The molecule has 1 aromatic rings. The smallest absolute Gasteiger partial charge is 0.323 e. The molecule has 1 fully saturated rings. The van der Waals surface area contributed by atoms with Crippen molar-refractivity contribution in [1.29, 1.82) is 0 Å². The van der Waals surface area contributed by atoms with Crippen molar-refractivity contribution in [2.45, 2.75) is 32.2 Å². The van der Waals surface area contributed by atoms with E-state index in [0.29, 0.717) is 17.0 Å². The van der Waals surface area contributed by atoms with Crippen molar-refractivity contribution in [2.75, 3.05) is 6.54 Å². The van der Waals surface area contributed by atoms with Gasteiger partial charge in [-0.05, 0) is 30.8 Å². The van der Waals surface area contributed by atoms with E-state index in [9.17, 15) is 9.59 Å². The molecule has 1 aromatic heterocycles. The number of hydrogen-bond donors (Lipinski definition) is 1. The summed E-state index contributed by atoms with van der Waals surface area (Å²) in [4.78, 5) is 24.8. The van der Waals surface area contributed by atoms with Gasteiger partial charge in [0.25, 0.3) is 5.91 Å². The molecule has 92 valence electrons. The number of aromatic nitrogens is 2. The summed E-state index contributed by atoms with van der Waals surface area (Å²) in [5.74, 6) is -1.23. The highest BCUT2D eigenvalue weighted by molar-refractivity contribution is 7.08. The van der Waals surface area contributed by atoms with Crippen LogP contribution in [0.5, 0.6) is 0 Å². The van der Waals surface area contributed by atoms with Gasteiger partial charge in [-0.1, -0.05) is 11.4 Å². The number of aliphatic carboxylic acids is 1. The van der Waals surface area contributed by atoms with Crippen molar-refractivity contribution in [1.82, 2.24) is 14.5 Å². The molecule has 17 heavy (non-hydrogen) atoms. The SMILES string of the molecule is CCc1nnsc1C(=O)N(CC(=O)O)C1CC1. The van der Waals surface area contributed by atoms with Crippen LogP contribution >= 0.6 is 11.5 Å². The maximum Gasteiger partial charge on any atom is 0.323 e. The van der Waals surface area contributed by atoms with Crippen LogP contribution in [0.1, 0.15) is 35.1 Å². The Morgan fingerprint density at radius 1 is 1.53 bits per heavy atom. The second-order valence-corrected chi connectivity index (χ2v) is 4.71. The predicted octanol–water partition coefficient (Wildman–Crippen LogP) is 0.790. The van der Waals surface area contributed by atoms with E-state index in [1.165, 1.54) is 4.90 Å². The molecule has 1 amide bonds. The predicted molar refractivity (Wildman–Crippen MR) is 61.0 cm³/mol. The summed E-state index contributed by atoms with van der Waals surface area (Å²) in [5.41, 5.74) is 0.649. The van der Waals surface area contributed by atoms with Gasteiger partial charge in [0.05, 0.1) is 5.69 Å². The van der Waals surface area contributed by atoms with Crippen LogP contribution in [0.15, 0.2) is 0 Å². The maximum absolute atomic E-state index is 12.2. The van der Waals surface area contributed by atoms with Gasteiger partial charge < -0.3 is 10.0 Å². The van der Waals surface area contributed by atoms with Gasteiger partial charge in [-0.15, -0.1) is 5.10 Å². The number of carboxylic acids is 1. The van der Waals surface area contributed by atoms with Crippen LogP contribution in [-0.4, -0.2) is 44.1 Å². The van der Waals surface area contributed by atoms with E-state index < -0.39 is 5.97 Å². The first kappa shape index (κ1) is 12.0. The zero-order valence-corrected chi connectivity index (χ0v) is 10.2. The third-order valence-electron chi connectivity index (χ3n) is 2.64. The molecule has 0 aliphatic heterocycles. The highest BCUT2D eigenvalue weighted by Gasteiger charge is 2.35. The lowest BCUT2D eigenvalue weighted by molar-refractivity contribution is -0.137. The number of rotatable bonds is 5. The first-order valence-corrected chi connectivity index (χ1v) is 6.24. The Morgan fingerprint density at radius 3 is 2.76 bits per heavy atom. The van der Waals surface area contributed by atoms with E-state index in [4.69, 9.17) is 5.11 Å². The van der Waals surface area contributed by atoms with E-state index >= 15 is 0 Å². The Balaban J connectivity index is 2.18. The summed E-state index contributed by atoms with van der Waals surface area (Å²) < 4.78 is 3.75. The van der Waals surface area contributed by atoms with E-state index in [1.807, 2.05) is 6.92 Å². The molecule has 0 spiro atoms. The highest BCUT2D eigenvalue weighted by Crippen LogP contribution is 2.29. The number of hydrogen-bond acceptors (Lipinski definition) is 5. The minimum Gasteiger partial charge on any atom is -0.480 e. The Hall–Kier alpha value is -1.50. The number of carboxylic acid groups (broad SMARTS) is 1. The Labute approximate surface area is 102 Å². The first-order chi connectivity index (χ1) is 8.13. The van der Waals surface area contributed by atoms with E-state index in [1.54, 1.807) is 0 Å². The average molecular weight is 255 g/mol. The fourth-order valence-electron chi connectivity index (χ4n) is 1.63. The van der Waals surface area contributed by atoms with Gasteiger partial charge in [0.1, 0.15) is 11.4 Å². The third-order valence-corrected chi connectivity index (χ3v) is 3.40. The molecule has 1 aliphatic carbocycles. The first-order valence-electron chi connectivity index (χ1n) is 5.47. The molecule has 0 saturated heterocycles. The molecule has 6 nitrogen and oxygen atoms in total. The second-order valence-electron chi connectivity index (χ2n) is 3.96. The Bertz CT molecular complexity index is 442. The zero-order chi connectivity index (χ0) is 12.4. The second kappa shape index (κ2) is 4.79. The quantitative estimate of drug-likeness (QED) is 0.841. The molecular weight excluding hydrogens is 242 g/mol. The largest absolute Gasteiger partial charge is 0.480 e. The van der Waals surface area contributed by atoms with E-state index in [2.05, 4.69) is 9.59 Å². The average Bonchev–Trinajstić information content (AvgIpc) is 3.02. The molecule has 0 bridgehead atoms. The van der Waals surface area contributed by atoms with E-state index in [-0.39, 0.29) is 18.5 Å². The van der Waals surface area contributed by atoms with Crippen LogP contribution in [-0.2, 0) is 11.2 Å². The summed E-state index contributed by atoms with van der Waals surface area (Å²) in [6.45, 7) is 1.65. The summed E-state index contributed by atoms with van der Waals surface area (Å²) in [5, 5.41) is 12.7. The van der Waals surface area contributed by atoms with E-state index in [0.717, 1.165) is 24.4 Å². The Morgan fingerprint density at radius 2 is 2.24 bits per heavy atom. The third kappa shape index (κ3) is 2.60. The molecule has 1 N–H and O–H groups in total. The summed E-state index contributed by atoms with van der Waals surface area (Å²) in [6, 6.07) is 0.0745. The van der Waals surface area contributed by atoms with Gasteiger partial charge in [-0.3, -0.25) is 9.59 Å². The molecule has 7 heteroatoms. The number of aryl methyl sites for hydroxylation is 1. The topological polar surface area (TPSA) is 83.4 Å². The molecule has 1 aliphatic rings. The van der Waals surface area contributed by atoms with Gasteiger partial charge in [0.2, 0.25) is 0 Å². The monoisotopic (exact) mass is 255 g/mol. The fourth-order valence-corrected chi connectivity index (χ4v) is 2.34. The van der Waals surface area contributed by atoms with Crippen molar-refractivity contribution in [3.05, 3.63) is 10.6 Å². The lowest BCUT2D eigenvalue weighted by Gasteiger charge is -2.19. The van der Waals surface area contributed by atoms with Crippen LogP contribution in [0.25, 0.3) is 0 Å². The lowest BCUT2D eigenvalue weighted by atomic mass is 10.2. The van der Waals surface area contributed by atoms with Crippen molar-refractivity contribution in [3.63, 3.8) is 0 Å². The normalized spacial score (nSPS) is 14.6. The molecule has 1 saturated carbocycles. The van der Waals surface area contributed by atoms with Gasteiger partial charge in [0, 0.05) is 6.04 Å². The number of amides is 1. The zero-order valence-electron chi connectivity index (χ0n) is 9.42. The minimum atomic E-state index is -0.985. The number of carbonyl (C=O) groups excluding carboxylic acids is 1. The van der Waals surface area contributed by atoms with Crippen LogP contribution in [0.3, 0.4) is 0 Å². The lowest BCUT2D eigenvalue weighted by Crippen LogP contribution is -2.37.